The van der Waals surface area contributed by atoms with E-state index in [0.717, 1.165) is 24.2 Å². The number of carbonyl (C=O) groups is 1. The molecule has 1 amide bonds. The summed E-state index contributed by atoms with van der Waals surface area (Å²) in [6, 6.07) is 9.27. The first-order chi connectivity index (χ1) is 10.1. The van der Waals surface area contributed by atoms with Gasteiger partial charge in [-0.3, -0.25) is 9.89 Å². The third-order valence-corrected chi connectivity index (χ3v) is 3.03. The number of nitriles is 1. The van der Waals surface area contributed by atoms with Gasteiger partial charge in [-0.2, -0.15) is 5.26 Å². The molecule has 0 fully saturated rings. The fraction of sp³-hybridized carbons (Fsp3) is 0.333. The number of aromatic amines is 1. The van der Waals surface area contributed by atoms with Gasteiger partial charge in [0.25, 0.3) is 5.91 Å². The first-order valence-electron chi connectivity index (χ1n) is 6.79. The number of nitrogens with zero attached hydrogens (tertiary/aromatic N) is 4. The number of carbonyl (C=O) groups excluding carboxylic acids is 1. The Morgan fingerprint density at radius 2 is 2.29 bits per heavy atom. The van der Waals surface area contributed by atoms with E-state index in [1.165, 1.54) is 4.90 Å². The van der Waals surface area contributed by atoms with E-state index in [1.54, 1.807) is 25.2 Å². The van der Waals surface area contributed by atoms with Crippen LogP contribution in [0.2, 0.25) is 0 Å². The lowest BCUT2D eigenvalue weighted by Gasteiger charge is -2.15. The maximum Gasteiger partial charge on any atom is 0.293 e. The fourth-order valence-corrected chi connectivity index (χ4v) is 2.00. The highest BCUT2D eigenvalue weighted by Crippen LogP contribution is 2.09. The van der Waals surface area contributed by atoms with Crippen LogP contribution in [-0.4, -0.2) is 33.0 Å². The van der Waals surface area contributed by atoms with Gasteiger partial charge >= 0.3 is 0 Å². The van der Waals surface area contributed by atoms with Crippen LogP contribution in [0.4, 0.5) is 0 Å². The van der Waals surface area contributed by atoms with Crippen LogP contribution >= 0.6 is 0 Å². The average Bonchev–Trinajstić information content (AvgIpc) is 2.95. The van der Waals surface area contributed by atoms with Crippen molar-refractivity contribution in [2.75, 3.05) is 7.05 Å². The molecule has 6 heteroatoms. The van der Waals surface area contributed by atoms with Crippen molar-refractivity contribution < 1.29 is 4.79 Å². The maximum absolute atomic E-state index is 12.2. The molecule has 0 atom stereocenters. The third-order valence-electron chi connectivity index (χ3n) is 3.03. The lowest BCUT2D eigenvalue weighted by Crippen LogP contribution is -2.27. The second-order valence-electron chi connectivity index (χ2n) is 4.83. The van der Waals surface area contributed by atoms with Gasteiger partial charge < -0.3 is 4.90 Å². The number of aromatic nitrogens is 3. The van der Waals surface area contributed by atoms with Crippen molar-refractivity contribution in [1.29, 1.82) is 5.26 Å². The molecule has 0 radical (unpaired) electrons. The minimum atomic E-state index is -0.240. The van der Waals surface area contributed by atoms with Crippen molar-refractivity contribution in [3.8, 4) is 6.07 Å². The molecule has 0 saturated carbocycles. The molecule has 1 aromatic heterocycles. The molecule has 1 N–H and O–H groups in total. The SMILES string of the molecule is CCCc1nc(C(=O)N(C)Cc2cccc(C#N)c2)n[nH]1. The molecular formula is C15H17N5O. The number of nitrogens with one attached hydrogen (secondary N) is 1. The highest BCUT2D eigenvalue weighted by Gasteiger charge is 2.17. The summed E-state index contributed by atoms with van der Waals surface area (Å²) in [5.41, 5.74) is 1.48. The van der Waals surface area contributed by atoms with Gasteiger partial charge in [0.2, 0.25) is 5.82 Å². The summed E-state index contributed by atoms with van der Waals surface area (Å²) < 4.78 is 0. The summed E-state index contributed by atoms with van der Waals surface area (Å²) in [5.74, 6) is 0.661. The second kappa shape index (κ2) is 6.66. The quantitative estimate of drug-likeness (QED) is 0.908. The Labute approximate surface area is 123 Å². The summed E-state index contributed by atoms with van der Waals surface area (Å²) in [7, 11) is 1.69. The predicted molar refractivity (Wildman–Crippen MR) is 77.3 cm³/mol. The number of hydrogen-bond donors (Lipinski definition) is 1. The fourth-order valence-electron chi connectivity index (χ4n) is 2.00. The Balaban J connectivity index is 2.06. The van der Waals surface area contributed by atoms with E-state index in [2.05, 4.69) is 21.3 Å². The molecule has 0 aliphatic heterocycles. The zero-order valence-corrected chi connectivity index (χ0v) is 12.1. The maximum atomic E-state index is 12.2. The first-order valence-corrected chi connectivity index (χ1v) is 6.79. The molecule has 108 valence electrons. The van der Waals surface area contributed by atoms with Crippen molar-refractivity contribution in [2.45, 2.75) is 26.3 Å². The Morgan fingerprint density at radius 1 is 1.48 bits per heavy atom. The van der Waals surface area contributed by atoms with E-state index in [-0.39, 0.29) is 11.7 Å². The summed E-state index contributed by atoms with van der Waals surface area (Å²) >= 11 is 0. The van der Waals surface area contributed by atoms with Crippen molar-refractivity contribution in [3.05, 3.63) is 47.0 Å². The van der Waals surface area contributed by atoms with Gasteiger partial charge in [-0.05, 0) is 24.1 Å². The highest BCUT2D eigenvalue weighted by molar-refractivity contribution is 5.90. The Morgan fingerprint density at radius 3 is 3.00 bits per heavy atom. The van der Waals surface area contributed by atoms with Crippen molar-refractivity contribution in [3.63, 3.8) is 0 Å². The van der Waals surface area contributed by atoms with E-state index >= 15 is 0 Å². The third kappa shape index (κ3) is 3.66. The number of amides is 1. The predicted octanol–water partition coefficient (Wildman–Crippen LogP) is 1.90. The van der Waals surface area contributed by atoms with Gasteiger partial charge in [-0.1, -0.05) is 19.1 Å². The molecule has 0 spiro atoms. The standard InChI is InChI=1S/C15H17N5O/c1-3-5-13-17-14(19-18-13)15(21)20(2)10-12-7-4-6-11(8-12)9-16/h4,6-8H,3,5,10H2,1-2H3,(H,17,18,19). The van der Waals surface area contributed by atoms with E-state index in [0.29, 0.717) is 12.1 Å². The van der Waals surface area contributed by atoms with Crippen molar-refractivity contribution in [2.24, 2.45) is 0 Å². The summed E-state index contributed by atoms with van der Waals surface area (Å²) in [5, 5.41) is 15.6. The van der Waals surface area contributed by atoms with Crippen LogP contribution in [0.5, 0.6) is 0 Å². The van der Waals surface area contributed by atoms with Crippen LogP contribution < -0.4 is 0 Å². The minimum absolute atomic E-state index is 0.178. The van der Waals surface area contributed by atoms with Gasteiger partial charge in [-0.25, -0.2) is 4.98 Å². The van der Waals surface area contributed by atoms with E-state index < -0.39 is 0 Å². The van der Waals surface area contributed by atoms with E-state index in [4.69, 9.17) is 5.26 Å². The van der Waals surface area contributed by atoms with E-state index in [1.807, 2.05) is 13.0 Å². The molecule has 21 heavy (non-hydrogen) atoms. The number of rotatable bonds is 5. The topological polar surface area (TPSA) is 85.7 Å². The van der Waals surface area contributed by atoms with Gasteiger partial charge in [-0.15, -0.1) is 5.10 Å². The number of H-pyrrole nitrogens is 1. The van der Waals surface area contributed by atoms with Gasteiger partial charge in [0.05, 0.1) is 11.6 Å². The molecule has 2 rings (SSSR count). The zero-order chi connectivity index (χ0) is 15.2. The molecule has 1 heterocycles. The normalized spacial score (nSPS) is 10.1. The van der Waals surface area contributed by atoms with Crippen LogP contribution in [0, 0.1) is 11.3 Å². The average molecular weight is 283 g/mol. The summed E-state index contributed by atoms with van der Waals surface area (Å²) in [6.07, 6.45) is 1.72. The van der Waals surface area contributed by atoms with Crippen LogP contribution in [0.3, 0.4) is 0 Å². The molecule has 0 unspecified atom stereocenters. The van der Waals surface area contributed by atoms with Crippen LogP contribution in [0.15, 0.2) is 24.3 Å². The second-order valence-corrected chi connectivity index (χ2v) is 4.83. The molecule has 0 bridgehead atoms. The zero-order valence-electron chi connectivity index (χ0n) is 12.1. The van der Waals surface area contributed by atoms with Gasteiger partial charge in [0, 0.05) is 20.0 Å². The van der Waals surface area contributed by atoms with Crippen molar-refractivity contribution >= 4 is 5.91 Å². The number of benzene rings is 1. The summed E-state index contributed by atoms with van der Waals surface area (Å²) in [4.78, 5) is 18.0. The van der Waals surface area contributed by atoms with E-state index in [9.17, 15) is 4.79 Å². The van der Waals surface area contributed by atoms with Crippen LogP contribution in [0.25, 0.3) is 0 Å². The lowest BCUT2D eigenvalue weighted by molar-refractivity contribution is 0.0773. The molecule has 6 nitrogen and oxygen atoms in total. The van der Waals surface area contributed by atoms with Crippen molar-refractivity contribution in [1.82, 2.24) is 20.1 Å². The Hall–Kier alpha value is -2.68. The smallest absolute Gasteiger partial charge is 0.293 e. The van der Waals surface area contributed by atoms with Crippen LogP contribution in [-0.2, 0) is 13.0 Å². The number of hydrogen-bond acceptors (Lipinski definition) is 4. The van der Waals surface area contributed by atoms with Gasteiger partial charge in [0.15, 0.2) is 0 Å². The molecule has 0 aliphatic rings. The van der Waals surface area contributed by atoms with Crippen LogP contribution in [0.1, 0.15) is 40.9 Å². The lowest BCUT2D eigenvalue weighted by atomic mass is 10.1. The Kier molecular flexibility index (Phi) is 4.67. The largest absolute Gasteiger partial charge is 0.335 e. The molecule has 0 saturated heterocycles. The number of aryl methyl sites for hydroxylation is 1. The molecule has 1 aromatic carbocycles. The van der Waals surface area contributed by atoms with Gasteiger partial charge in [0.1, 0.15) is 5.82 Å². The molecule has 2 aromatic rings. The molecule has 0 aliphatic carbocycles. The monoisotopic (exact) mass is 283 g/mol. The first kappa shape index (κ1) is 14.7. The summed E-state index contributed by atoms with van der Waals surface area (Å²) in [6.45, 7) is 2.45. The Bertz CT molecular complexity index is 671. The molecular weight excluding hydrogens is 266 g/mol. The minimum Gasteiger partial charge on any atom is -0.335 e. The highest BCUT2D eigenvalue weighted by atomic mass is 16.2.